The Bertz CT molecular complexity index is 976. The predicted molar refractivity (Wildman–Crippen MR) is 101 cm³/mol. The van der Waals surface area contributed by atoms with Gasteiger partial charge in [-0.3, -0.25) is 0 Å². The number of ether oxygens (including phenoxy) is 3. The van der Waals surface area contributed by atoms with Crippen LogP contribution >= 0.6 is 15.9 Å². The fraction of sp³-hybridized carbons (Fsp3) is 0.278. The molecule has 0 amide bonds. The molecule has 0 bridgehead atoms. The molecule has 2 aromatic carbocycles. The van der Waals surface area contributed by atoms with Crippen LogP contribution in [0.3, 0.4) is 0 Å². The van der Waals surface area contributed by atoms with Gasteiger partial charge in [0.1, 0.15) is 0 Å². The minimum Gasteiger partial charge on any atom is -0.462 e. The first-order valence-corrected chi connectivity index (χ1v) is 10.5. The van der Waals surface area contributed by atoms with Crippen molar-refractivity contribution in [1.82, 2.24) is 4.72 Å². The zero-order valence-electron chi connectivity index (χ0n) is 14.7. The summed E-state index contributed by atoms with van der Waals surface area (Å²) in [6.45, 7) is 3.83. The molecule has 7 nitrogen and oxygen atoms in total. The Morgan fingerprint density at radius 2 is 1.96 bits per heavy atom. The van der Waals surface area contributed by atoms with Gasteiger partial charge in [-0.15, -0.1) is 0 Å². The van der Waals surface area contributed by atoms with E-state index in [1.165, 1.54) is 18.2 Å². The van der Waals surface area contributed by atoms with Crippen molar-refractivity contribution in [3.8, 4) is 11.5 Å². The lowest BCUT2D eigenvalue weighted by Gasteiger charge is -2.16. The normalized spacial score (nSPS) is 14.0. The Morgan fingerprint density at radius 3 is 2.67 bits per heavy atom. The van der Waals surface area contributed by atoms with Gasteiger partial charge >= 0.3 is 5.97 Å². The van der Waals surface area contributed by atoms with Crippen LogP contribution in [0.4, 0.5) is 0 Å². The molecule has 0 aromatic heterocycles. The Labute approximate surface area is 165 Å². The molecule has 2 aromatic rings. The fourth-order valence-corrected chi connectivity index (χ4v) is 4.92. The molecule has 0 fully saturated rings. The lowest BCUT2D eigenvalue weighted by molar-refractivity contribution is 0.0526. The second-order valence-corrected chi connectivity index (χ2v) is 8.36. The largest absolute Gasteiger partial charge is 0.462 e. The minimum absolute atomic E-state index is 0.0307. The van der Waals surface area contributed by atoms with Crippen LogP contribution < -0.4 is 14.2 Å². The van der Waals surface area contributed by atoms with Crippen molar-refractivity contribution < 1.29 is 27.4 Å². The highest BCUT2D eigenvalue weighted by molar-refractivity contribution is 9.10. The van der Waals surface area contributed by atoms with Crippen molar-refractivity contribution in [3.63, 3.8) is 0 Å². The van der Waals surface area contributed by atoms with Crippen molar-refractivity contribution >= 4 is 31.9 Å². The molecule has 27 heavy (non-hydrogen) atoms. The summed E-state index contributed by atoms with van der Waals surface area (Å²) in [5.41, 5.74) is 1.01. The number of esters is 1. The number of fused-ring (bicyclic) bond motifs is 1. The molecule has 1 aliphatic rings. The first-order chi connectivity index (χ1) is 12.8. The third-order valence-corrected chi connectivity index (χ3v) is 6.48. The van der Waals surface area contributed by atoms with Gasteiger partial charge in [0, 0.05) is 10.5 Å². The highest BCUT2D eigenvalue weighted by Gasteiger charge is 2.23. The molecule has 0 saturated carbocycles. The number of benzene rings is 2. The molecule has 1 heterocycles. The lowest BCUT2D eigenvalue weighted by atomic mass is 10.1. The number of carbonyl (C=O) groups is 1. The Hall–Kier alpha value is -2.10. The van der Waals surface area contributed by atoms with Crippen LogP contribution in [-0.4, -0.2) is 27.8 Å². The SMILES string of the molecule is CCOC(=O)c1ccc(S(=O)(=O)NC(C)c2ccc3c(c2)OCO3)c(Br)c1. The van der Waals surface area contributed by atoms with E-state index in [-0.39, 0.29) is 28.3 Å². The molecule has 1 atom stereocenters. The van der Waals surface area contributed by atoms with Crippen LogP contribution in [0, 0.1) is 0 Å². The van der Waals surface area contributed by atoms with Crippen LogP contribution in [-0.2, 0) is 14.8 Å². The number of halogens is 1. The molecular formula is C18H18BrNO6S. The molecule has 1 aliphatic heterocycles. The molecule has 0 aliphatic carbocycles. The van der Waals surface area contributed by atoms with Gasteiger partial charge < -0.3 is 14.2 Å². The minimum atomic E-state index is -3.83. The number of carbonyl (C=O) groups excluding carboxylic acids is 1. The van der Waals surface area contributed by atoms with Gasteiger partial charge in [0.05, 0.1) is 17.1 Å². The summed E-state index contributed by atoms with van der Waals surface area (Å²) >= 11 is 3.23. The average molecular weight is 456 g/mol. The van der Waals surface area contributed by atoms with Crippen LogP contribution in [0.5, 0.6) is 11.5 Å². The summed E-state index contributed by atoms with van der Waals surface area (Å²) in [6, 6.07) is 8.98. The van der Waals surface area contributed by atoms with Gasteiger partial charge in [0.2, 0.25) is 16.8 Å². The molecule has 3 rings (SSSR count). The van der Waals surface area contributed by atoms with E-state index in [1.54, 1.807) is 32.0 Å². The summed E-state index contributed by atoms with van der Waals surface area (Å²) in [6.07, 6.45) is 0. The van der Waals surface area contributed by atoms with Crippen LogP contribution in [0.25, 0.3) is 0 Å². The van der Waals surface area contributed by atoms with Gasteiger partial charge in [0.25, 0.3) is 0 Å². The third-order valence-electron chi connectivity index (χ3n) is 3.96. The molecule has 1 unspecified atom stereocenters. The van der Waals surface area contributed by atoms with Crippen molar-refractivity contribution in [2.45, 2.75) is 24.8 Å². The summed E-state index contributed by atoms with van der Waals surface area (Å²) in [4.78, 5) is 11.8. The maximum atomic E-state index is 12.8. The van der Waals surface area contributed by atoms with Crippen LogP contribution in [0.2, 0.25) is 0 Å². The van der Waals surface area contributed by atoms with Gasteiger partial charge in [-0.25, -0.2) is 17.9 Å². The molecule has 9 heteroatoms. The topological polar surface area (TPSA) is 90.9 Å². The first-order valence-electron chi connectivity index (χ1n) is 8.20. The van der Waals surface area contributed by atoms with Crippen LogP contribution in [0.15, 0.2) is 45.8 Å². The summed E-state index contributed by atoms with van der Waals surface area (Å²) in [5.74, 6) is 0.702. The van der Waals surface area contributed by atoms with Gasteiger partial charge in [-0.05, 0) is 65.7 Å². The van der Waals surface area contributed by atoms with Crippen LogP contribution in [0.1, 0.15) is 35.8 Å². The zero-order chi connectivity index (χ0) is 19.6. The maximum absolute atomic E-state index is 12.8. The molecule has 144 valence electrons. The third kappa shape index (κ3) is 4.26. The van der Waals surface area contributed by atoms with E-state index in [4.69, 9.17) is 14.2 Å². The maximum Gasteiger partial charge on any atom is 0.338 e. The second kappa shape index (κ2) is 7.87. The Balaban J connectivity index is 1.81. The van der Waals surface area contributed by atoms with Crippen molar-refractivity contribution in [1.29, 1.82) is 0 Å². The van der Waals surface area contributed by atoms with Gasteiger partial charge in [-0.2, -0.15) is 0 Å². The first kappa shape index (κ1) is 19.7. The highest BCUT2D eigenvalue weighted by Crippen LogP contribution is 2.34. The Morgan fingerprint density at radius 1 is 1.22 bits per heavy atom. The molecule has 0 spiro atoms. The summed E-state index contributed by atoms with van der Waals surface area (Å²) in [5, 5.41) is 0. The predicted octanol–water partition coefficient (Wildman–Crippen LogP) is 3.39. The average Bonchev–Trinajstić information content (AvgIpc) is 3.08. The summed E-state index contributed by atoms with van der Waals surface area (Å²) < 4.78 is 43.9. The quantitative estimate of drug-likeness (QED) is 0.671. The van der Waals surface area contributed by atoms with E-state index >= 15 is 0 Å². The second-order valence-electron chi connectivity index (χ2n) is 5.82. The monoisotopic (exact) mass is 455 g/mol. The summed E-state index contributed by atoms with van der Waals surface area (Å²) in [7, 11) is -3.83. The van der Waals surface area contributed by atoms with Gasteiger partial charge in [-0.1, -0.05) is 6.07 Å². The number of nitrogens with one attached hydrogen (secondary N) is 1. The number of sulfonamides is 1. The van der Waals surface area contributed by atoms with E-state index < -0.39 is 22.0 Å². The van der Waals surface area contributed by atoms with E-state index in [0.717, 1.165) is 5.56 Å². The van der Waals surface area contributed by atoms with E-state index in [9.17, 15) is 13.2 Å². The highest BCUT2D eigenvalue weighted by atomic mass is 79.9. The van der Waals surface area contributed by atoms with E-state index in [2.05, 4.69) is 20.7 Å². The molecule has 0 radical (unpaired) electrons. The van der Waals surface area contributed by atoms with Crippen molar-refractivity contribution in [3.05, 3.63) is 52.0 Å². The number of hydrogen-bond acceptors (Lipinski definition) is 6. The molecule has 0 saturated heterocycles. The lowest BCUT2D eigenvalue weighted by Crippen LogP contribution is -2.27. The smallest absolute Gasteiger partial charge is 0.338 e. The van der Waals surface area contributed by atoms with Gasteiger partial charge in [0.15, 0.2) is 11.5 Å². The molecule has 1 N–H and O–H groups in total. The zero-order valence-corrected chi connectivity index (χ0v) is 17.1. The number of rotatable bonds is 6. The fourth-order valence-electron chi connectivity index (χ4n) is 2.61. The Kier molecular flexibility index (Phi) is 5.73. The standard InChI is InChI=1S/C18H18BrNO6S/c1-3-24-18(21)13-5-7-17(14(19)8-13)27(22,23)20-11(2)12-4-6-15-16(9-12)26-10-25-15/h4-9,11,20H,3,10H2,1-2H3. The van der Waals surface area contributed by atoms with Crippen molar-refractivity contribution in [2.75, 3.05) is 13.4 Å². The van der Waals surface area contributed by atoms with E-state index in [0.29, 0.717) is 11.5 Å². The van der Waals surface area contributed by atoms with E-state index in [1.807, 2.05) is 0 Å². The number of hydrogen-bond donors (Lipinski definition) is 1. The molecular weight excluding hydrogens is 438 g/mol. The van der Waals surface area contributed by atoms with Crippen molar-refractivity contribution in [2.24, 2.45) is 0 Å².